The van der Waals surface area contributed by atoms with Gasteiger partial charge in [0.2, 0.25) is 0 Å². The van der Waals surface area contributed by atoms with E-state index in [2.05, 4.69) is 40.7 Å². The number of rotatable bonds is 1. The van der Waals surface area contributed by atoms with Gasteiger partial charge in [0.1, 0.15) is 6.04 Å². The molecule has 1 aromatic rings. The van der Waals surface area contributed by atoms with Gasteiger partial charge in [-0.3, -0.25) is 0 Å². The predicted molar refractivity (Wildman–Crippen MR) is 45.4 cm³/mol. The van der Waals surface area contributed by atoms with E-state index in [1.54, 1.807) is 0 Å². The van der Waals surface area contributed by atoms with Crippen LogP contribution in [0.2, 0.25) is 0 Å². The Hall–Kier alpha value is -0.340. The van der Waals surface area contributed by atoms with Crippen molar-refractivity contribution in [2.75, 3.05) is 0 Å². The SMILES string of the molecule is C[C@@H]([NH3+])c1ccc(Br)cc1. The molecule has 10 heavy (non-hydrogen) atoms. The standard InChI is InChI=1S/C8H10BrN/c1-6(10)7-2-4-8(9)5-3-7/h2-6H,10H2,1H3/p+1/t6-/m1/s1. The Bertz CT molecular complexity index is 203. The highest BCUT2D eigenvalue weighted by molar-refractivity contribution is 9.10. The summed E-state index contributed by atoms with van der Waals surface area (Å²) in [5.74, 6) is 0. The monoisotopic (exact) mass is 200 g/mol. The van der Waals surface area contributed by atoms with Crippen LogP contribution in [0.3, 0.4) is 0 Å². The van der Waals surface area contributed by atoms with Crippen LogP contribution in [-0.4, -0.2) is 0 Å². The van der Waals surface area contributed by atoms with Gasteiger partial charge in [0, 0.05) is 10.0 Å². The van der Waals surface area contributed by atoms with Gasteiger partial charge in [0.15, 0.2) is 0 Å². The Morgan fingerprint density at radius 1 is 1.30 bits per heavy atom. The van der Waals surface area contributed by atoms with E-state index in [4.69, 9.17) is 0 Å². The van der Waals surface area contributed by atoms with E-state index >= 15 is 0 Å². The van der Waals surface area contributed by atoms with Crippen molar-refractivity contribution in [1.82, 2.24) is 0 Å². The number of halogens is 1. The molecule has 0 aromatic heterocycles. The third-order valence-electron chi connectivity index (χ3n) is 1.44. The molecule has 0 spiro atoms. The van der Waals surface area contributed by atoms with Crippen LogP contribution < -0.4 is 5.73 Å². The average Bonchev–Trinajstić information content (AvgIpc) is 1.88. The van der Waals surface area contributed by atoms with Crippen molar-refractivity contribution in [3.05, 3.63) is 34.3 Å². The van der Waals surface area contributed by atoms with Crippen molar-refractivity contribution in [1.29, 1.82) is 0 Å². The minimum Gasteiger partial charge on any atom is -0.352 e. The van der Waals surface area contributed by atoms with Crippen molar-refractivity contribution in [3.63, 3.8) is 0 Å². The Kier molecular flexibility index (Phi) is 2.46. The third-order valence-corrected chi connectivity index (χ3v) is 1.97. The summed E-state index contributed by atoms with van der Waals surface area (Å²) in [6.07, 6.45) is 0. The molecule has 2 heteroatoms. The van der Waals surface area contributed by atoms with E-state index in [9.17, 15) is 0 Å². The summed E-state index contributed by atoms with van der Waals surface area (Å²) in [5.41, 5.74) is 5.20. The summed E-state index contributed by atoms with van der Waals surface area (Å²) in [4.78, 5) is 0. The van der Waals surface area contributed by atoms with Crippen molar-refractivity contribution in [3.8, 4) is 0 Å². The van der Waals surface area contributed by atoms with Gasteiger partial charge in [0.05, 0.1) is 0 Å². The molecule has 54 valence electrons. The lowest BCUT2D eigenvalue weighted by molar-refractivity contribution is -0.420. The van der Waals surface area contributed by atoms with Crippen molar-refractivity contribution in [2.45, 2.75) is 13.0 Å². The number of quaternary nitrogens is 1. The van der Waals surface area contributed by atoms with Crippen molar-refractivity contribution >= 4 is 15.9 Å². The summed E-state index contributed by atoms with van der Waals surface area (Å²) in [7, 11) is 0. The van der Waals surface area contributed by atoms with Gasteiger partial charge in [0.25, 0.3) is 0 Å². The first-order valence-corrected chi connectivity index (χ1v) is 4.08. The lowest BCUT2D eigenvalue weighted by atomic mass is 10.1. The molecular weight excluding hydrogens is 190 g/mol. The quantitative estimate of drug-likeness (QED) is 0.716. The van der Waals surface area contributed by atoms with E-state index in [-0.39, 0.29) is 0 Å². The fourth-order valence-electron chi connectivity index (χ4n) is 0.791. The van der Waals surface area contributed by atoms with E-state index < -0.39 is 0 Å². The van der Waals surface area contributed by atoms with Gasteiger partial charge in [-0.15, -0.1) is 0 Å². The predicted octanol–water partition coefficient (Wildman–Crippen LogP) is 1.75. The van der Waals surface area contributed by atoms with Gasteiger partial charge in [-0.2, -0.15) is 0 Å². The number of benzene rings is 1. The van der Waals surface area contributed by atoms with E-state index in [0.29, 0.717) is 6.04 Å². The molecule has 1 aromatic carbocycles. The van der Waals surface area contributed by atoms with Crippen LogP contribution in [0.5, 0.6) is 0 Å². The summed E-state index contributed by atoms with van der Waals surface area (Å²) in [6.45, 7) is 2.09. The normalized spacial score (nSPS) is 13.1. The van der Waals surface area contributed by atoms with Gasteiger partial charge in [-0.1, -0.05) is 28.1 Å². The van der Waals surface area contributed by atoms with Crippen molar-refractivity contribution < 1.29 is 5.73 Å². The first kappa shape index (κ1) is 7.76. The molecule has 0 amide bonds. The lowest BCUT2D eigenvalue weighted by Gasteiger charge is -2.00. The molecular formula is C8H11BrN+. The van der Waals surface area contributed by atoms with Crippen LogP contribution in [0.1, 0.15) is 18.5 Å². The molecule has 0 bridgehead atoms. The second-order valence-corrected chi connectivity index (χ2v) is 3.37. The molecule has 1 nitrogen and oxygen atoms in total. The van der Waals surface area contributed by atoms with Gasteiger partial charge < -0.3 is 5.73 Å². The fourth-order valence-corrected chi connectivity index (χ4v) is 1.06. The smallest absolute Gasteiger partial charge is 0.107 e. The van der Waals surface area contributed by atoms with Crippen LogP contribution in [0, 0.1) is 0 Å². The Morgan fingerprint density at radius 2 is 1.80 bits per heavy atom. The Labute approximate surface area is 69.4 Å². The first-order valence-electron chi connectivity index (χ1n) is 3.28. The zero-order chi connectivity index (χ0) is 7.56. The lowest BCUT2D eigenvalue weighted by Crippen LogP contribution is -2.51. The highest BCUT2D eigenvalue weighted by Gasteiger charge is 1.99. The van der Waals surface area contributed by atoms with Crippen LogP contribution in [0.25, 0.3) is 0 Å². The molecule has 1 atom stereocenters. The molecule has 0 saturated heterocycles. The van der Waals surface area contributed by atoms with Crippen molar-refractivity contribution in [2.24, 2.45) is 0 Å². The molecule has 0 radical (unpaired) electrons. The molecule has 0 heterocycles. The second-order valence-electron chi connectivity index (χ2n) is 2.45. The summed E-state index contributed by atoms with van der Waals surface area (Å²) >= 11 is 3.37. The molecule has 0 aliphatic rings. The number of hydrogen-bond acceptors (Lipinski definition) is 0. The largest absolute Gasteiger partial charge is 0.352 e. The van der Waals surface area contributed by atoms with Gasteiger partial charge >= 0.3 is 0 Å². The first-order chi connectivity index (χ1) is 4.70. The second kappa shape index (κ2) is 3.17. The maximum absolute atomic E-state index is 3.92. The minimum absolute atomic E-state index is 0.382. The maximum Gasteiger partial charge on any atom is 0.107 e. The molecule has 0 saturated carbocycles. The highest BCUT2D eigenvalue weighted by Crippen LogP contribution is 2.13. The average molecular weight is 201 g/mol. The zero-order valence-corrected chi connectivity index (χ0v) is 7.56. The minimum atomic E-state index is 0.382. The Morgan fingerprint density at radius 3 is 2.20 bits per heavy atom. The fraction of sp³-hybridized carbons (Fsp3) is 0.250. The van der Waals surface area contributed by atoms with Gasteiger partial charge in [-0.05, 0) is 19.1 Å². The topological polar surface area (TPSA) is 27.6 Å². The molecule has 3 N–H and O–H groups in total. The molecule has 0 aliphatic heterocycles. The number of hydrogen-bond donors (Lipinski definition) is 1. The molecule has 0 fully saturated rings. The van der Waals surface area contributed by atoms with Crippen LogP contribution in [0.15, 0.2) is 28.7 Å². The van der Waals surface area contributed by atoms with Gasteiger partial charge in [-0.25, -0.2) is 0 Å². The third kappa shape index (κ3) is 1.82. The van der Waals surface area contributed by atoms with Crippen LogP contribution in [0.4, 0.5) is 0 Å². The van der Waals surface area contributed by atoms with Crippen LogP contribution in [-0.2, 0) is 0 Å². The molecule has 0 unspecified atom stereocenters. The zero-order valence-electron chi connectivity index (χ0n) is 5.97. The molecule has 0 aliphatic carbocycles. The summed E-state index contributed by atoms with van der Waals surface area (Å²) in [5, 5.41) is 0. The van der Waals surface area contributed by atoms with E-state index in [1.165, 1.54) is 5.56 Å². The summed E-state index contributed by atoms with van der Waals surface area (Å²) in [6, 6.07) is 8.63. The highest BCUT2D eigenvalue weighted by atomic mass is 79.9. The Balaban J connectivity index is 2.89. The maximum atomic E-state index is 3.92. The molecule has 1 rings (SSSR count). The van der Waals surface area contributed by atoms with E-state index in [0.717, 1.165) is 4.47 Å². The van der Waals surface area contributed by atoms with Crippen LogP contribution >= 0.6 is 15.9 Å². The van der Waals surface area contributed by atoms with E-state index in [1.807, 2.05) is 12.1 Å². The summed E-state index contributed by atoms with van der Waals surface area (Å²) < 4.78 is 1.12.